The van der Waals surface area contributed by atoms with E-state index in [0.717, 1.165) is 51.1 Å². The second-order valence-corrected chi connectivity index (χ2v) is 7.40. The number of aromatic nitrogens is 1. The van der Waals surface area contributed by atoms with E-state index in [9.17, 15) is 0 Å². The Morgan fingerprint density at radius 3 is 2.82 bits per heavy atom. The largest absolute Gasteiger partial charge is 0.375 e. The number of piperidine rings is 1. The maximum Gasteiger partial charge on any atom is 0.191 e. The van der Waals surface area contributed by atoms with E-state index in [-0.39, 0.29) is 30.1 Å². The summed E-state index contributed by atoms with van der Waals surface area (Å²) in [4.78, 5) is 13.7. The Bertz CT molecular complexity index is 608. The molecule has 0 aromatic carbocycles. The zero-order chi connectivity index (χ0) is 18.9. The van der Waals surface area contributed by atoms with Gasteiger partial charge < -0.3 is 25.2 Å². The van der Waals surface area contributed by atoms with Crippen molar-refractivity contribution in [3.05, 3.63) is 23.9 Å². The number of nitrogens with zero attached hydrogens (tertiary/aromatic N) is 4. The van der Waals surface area contributed by atoms with Crippen molar-refractivity contribution in [2.24, 2.45) is 4.99 Å². The molecule has 0 saturated carbocycles. The number of rotatable bonds is 6. The Balaban J connectivity index is 0.00000280. The van der Waals surface area contributed by atoms with Gasteiger partial charge in [-0.1, -0.05) is 6.42 Å². The zero-order valence-corrected chi connectivity index (χ0v) is 19.5. The first-order valence-electron chi connectivity index (χ1n) is 10.2. The molecule has 2 fully saturated rings. The topological polar surface area (TPSA) is 65.0 Å². The first kappa shape index (κ1) is 23.2. The van der Waals surface area contributed by atoms with Gasteiger partial charge in [0.1, 0.15) is 5.82 Å². The van der Waals surface area contributed by atoms with Gasteiger partial charge in [-0.15, -0.1) is 24.0 Å². The number of halogens is 1. The van der Waals surface area contributed by atoms with Crippen molar-refractivity contribution < 1.29 is 4.74 Å². The van der Waals surface area contributed by atoms with Crippen molar-refractivity contribution in [3.63, 3.8) is 0 Å². The van der Waals surface area contributed by atoms with E-state index >= 15 is 0 Å². The van der Waals surface area contributed by atoms with Gasteiger partial charge in [-0.05, 0) is 50.6 Å². The fraction of sp³-hybridized carbons (Fsp3) is 0.700. The molecular formula is C20H35IN6O. The van der Waals surface area contributed by atoms with E-state index in [0.29, 0.717) is 0 Å². The summed E-state index contributed by atoms with van der Waals surface area (Å²) < 4.78 is 5.63. The molecule has 1 unspecified atom stereocenters. The van der Waals surface area contributed by atoms with Crippen LogP contribution in [0.15, 0.2) is 23.3 Å². The van der Waals surface area contributed by atoms with Crippen LogP contribution in [-0.2, 0) is 11.3 Å². The number of hydrogen-bond acceptors (Lipinski definition) is 5. The van der Waals surface area contributed by atoms with Crippen molar-refractivity contribution in [1.29, 1.82) is 0 Å². The van der Waals surface area contributed by atoms with Crippen LogP contribution in [-0.4, -0.2) is 74.9 Å². The number of guanidine groups is 1. The van der Waals surface area contributed by atoms with Gasteiger partial charge in [-0.25, -0.2) is 4.98 Å². The summed E-state index contributed by atoms with van der Waals surface area (Å²) in [5.74, 6) is 1.88. The lowest BCUT2D eigenvalue weighted by Crippen LogP contribution is -2.42. The van der Waals surface area contributed by atoms with E-state index < -0.39 is 0 Å². The summed E-state index contributed by atoms with van der Waals surface area (Å²) in [5, 5.41) is 6.84. The summed E-state index contributed by atoms with van der Waals surface area (Å²) in [6.07, 6.45) is 6.19. The molecule has 0 spiro atoms. The van der Waals surface area contributed by atoms with Crippen molar-refractivity contribution in [2.45, 2.75) is 38.8 Å². The van der Waals surface area contributed by atoms with Crippen LogP contribution in [0.2, 0.25) is 0 Å². The van der Waals surface area contributed by atoms with Gasteiger partial charge in [0.25, 0.3) is 0 Å². The Morgan fingerprint density at radius 2 is 2.07 bits per heavy atom. The van der Waals surface area contributed by atoms with Gasteiger partial charge in [-0.2, -0.15) is 0 Å². The molecule has 2 N–H and O–H groups in total. The highest BCUT2D eigenvalue weighted by atomic mass is 127. The highest BCUT2D eigenvalue weighted by Gasteiger charge is 2.18. The molecule has 2 aliphatic rings. The maximum absolute atomic E-state index is 5.63. The molecule has 0 radical (unpaired) electrons. The highest BCUT2D eigenvalue weighted by Crippen LogP contribution is 2.16. The lowest BCUT2D eigenvalue weighted by Gasteiger charge is -2.32. The van der Waals surface area contributed by atoms with Gasteiger partial charge in [0, 0.05) is 46.0 Å². The van der Waals surface area contributed by atoms with Gasteiger partial charge in [0.15, 0.2) is 5.96 Å². The summed E-state index contributed by atoms with van der Waals surface area (Å²) in [6.45, 7) is 9.86. The van der Waals surface area contributed by atoms with Crippen molar-refractivity contribution in [1.82, 2.24) is 20.5 Å². The molecule has 3 rings (SSSR count). The van der Waals surface area contributed by atoms with E-state index in [1.54, 1.807) is 0 Å². The van der Waals surface area contributed by atoms with Crippen LogP contribution in [0.3, 0.4) is 0 Å². The number of morpholine rings is 1. The van der Waals surface area contributed by atoms with Crippen molar-refractivity contribution in [2.75, 3.05) is 57.8 Å². The summed E-state index contributed by atoms with van der Waals surface area (Å²) in [5.41, 5.74) is 1.21. The number of pyridine rings is 1. The van der Waals surface area contributed by atoms with Crippen LogP contribution >= 0.6 is 24.0 Å². The molecule has 28 heavy (non-hydrogen) atoms. The van der Waals surface area contributed by atoms with Crippen molar-refractivity contribution >= 4 is 35.8 Å². The predicted octanol–water partition coefficient (Wildman–Crippen LogP) is 2.08. The van der Waals surface area contributed by atoms with Crippen molar-refractivity contribution in [3.8, 4) is 0 Å². The SMILES string of the molecule is CN=C(NCCN1CCCCC1)NCc1ccnc(N2CCOC(C)C2)c1.I. The quantitative estimate of drug-likeness (QED) is 0.353. The second kappa shape index (κ2) is 12.4. The lowest BCUT2D eigenvalue weighted by atomic mass is 10.1. The third-order valence-electron chi connectivity index (χ3n) is 5.23. The molecule has 1 atom stereocenters. The van der Waals surface area contributed by atoms with E-state index in [1.165, 1.54) is 37.9 Å². The maximum atomic E-state index is 5.63. The number of hydrogen-bond donors (Lipinski definition) is 2. The minimum atomic E-state index is 0. The van der Waals surface area contributed by atoms with Crippen LogP contribution < -0.4 is 15.5 Å². The molecular weight excluding hydrogens is 467 g/mol. The first-order chi connectivity index (χ1) is 13.2. The molecule has 2 saturated heterocycles. The number of likely N-dealkylation sites (tertiary alicyclic amines) is 1. The molecule has 3 heterocycles. The van der Waals surface area contributed by atoms with Gasteiger partial charge in [0.2, 0.25) is 0 Å². The minimum Gasteiger partial charge on any atom is -0.375 e. The third-order valence-corrected chi connectivity index (χ3v) is 5.23. The summed E-state index contributed by atoms with van der Waals surface area (Å²) >= 11 is 0. The molecule has 1 aromatic heterocycles. The highest BCUT2D eigenvalue weighted by molar-refractivity contribution is 14.0. The number of ether oxygens (including phenoxy) is 1. The first-order valence-corrected chi connectivity index (χ1v) is 10.2. The van der Waals surface area contributed by atoms with Crippen LogP contribution in [0.5, 0.6) is 0 Å². The number of nitrogens with one attached hydrogen (secondary N) is 2. The average Bonchev–Trinajstić information content (AvgIpc) is 2.71. The standard InChI is InChI=1S/C20H34N6O.HI/c1-17-16-26(12-13-27-17)19-14-18(6-7-22-19)15-24-20(21-2)23-8-11-25-9-4-3-5-10-25;/h6-7,14,17H,3-5,8-13,15-16H2,1-2H3,(H2,21,23,24);1H. The lowest BCUT2D eigenvalue weighted by molar-refractivity contribution is 0.0529. The fourth-order valence-electron chi connectivity index (χ4n) is 3.69. The Hall–Kier alpha value is -1.13. The number of anilines is 1. The van der Waals surface area contributed by atoms with Crippen LogP contribution in [0.1, 0.15) is 31.7 Å². The molecule has 8 heteroatoms. The molecule has 2 aliphatic heterocycles. The Labute approximate surface area is 186 Å². The van der Waals surface area contributed by atoms with Gasteiger partial charge in [0.05, 0.1) is 12.7 Å². The third kappa shape index (κ3) is 7.36. The number of aliphatic imine (C=N–C) groups is 1. The van der Waals surface area contributed by atoms with Crippen LogP contribution in [0, 0.1) is 0 Å². The molecule has 0 bridgehead atoms. The van der Waals surface area contributed by atoms with E-state index in [1.807, 2.05) is 13.2 Å². The predicted molar refractivity (Wildman–Crippen MR) is 126 cm³/mol. The smallest absolute Gasteiger partial charge is 0.191 e. The minimum absolute atomic E-state index is 0. The summed E-state index contributed by atoms with van der Waals surface area (Å²) in [7, 11) is 1.82. The fourth-order valence-corrected chi connectivity index (χ4v) is 3.69. The molecule has 1 aromatic rings. The molecule has 0 amide bonds. The van der Waals surface area contributed by atoms with E-state index in [4.69, 9.17) is 4.74 Å². The normalized spacial score (nSPS) is 21.1. The van der Waals surface area contributed by atoms with Gasteiger partial charge in [-0.3, -0.25) is 4.99 Å². The van der Waals surface area contributed by atoms with Crippen LogP contribution in [0.25, 0.3) is 0 Å². The van der Waals surface area contributed by atoms with Gasteiger partial charge >= 0.3 is 0 Å². The summed E-state index contributed by atoms with van der Waals surface area (Å²) in [6, 6.07) is 4.22. The van der Waals surface area contributed by atoms with Crippen LogP contribution in [0.4, 0.5) is 5.82 Å². The average molecular weight is 502 g/mol. The van der Waals surface area contributed by atoms with E-state index in [2.05, 4.69) is 49.5 Å². The molecule has 7 nitrogen and oxygen atoms in total. The second-order valence-electron chi connectivity index (χ2n) is 7.40. The molecule has 158 valence electrons. The molecule has 0 aliphatic carbocycles. The zero-order valence-electron chi connectivity index (χ0n) is 17.2. The Kier molecular flexibility index (Phi) is 10.3. The monoisotopic (exact) mass is 502 g/mol. The Morgan fingerprint density at radius 1 is 1.25 bits per heavy atom.